The predicted molar refractivity (Wildman–Crippen MR) is 77.2 cm³/mol. The van der Waals surface area contributed by atoms with Crippen molar-refractivity contribution in [3.63, 3.8) is 0 Å². The van der Waals surface area contributed by atoms with Crippen LogP contribution in [-0.2, 0) is 6.54 Å². The number of hydrogen-bond acceptors (Lipinski definition) is 4. The molecule has 0 saturated heterocycles. The van der Waals surface area contributed by atoms with Crippen LogP contribution in [-0.4, -0.2) is 48.2 Å². The second-order valence-electron chi connectivity index (χ2n) is 4.78. The van der Waals surface area contributed by atoms with E-state index in [2.05, 4.69) is 5.10 Å². The Hall–Kier alpha value is -2.14. The van der Waals surface area contributed by atoms with E-state index >= 15 is 0 Å². The first kappa shape index (κ1) is 14.3. The summed E-state index contributed by atoms with van der Waals surface area (Å²) in [5, 5.41) is 4.25. The van der Waals surface area contributed by atoms with Crippen molar-refractivity contribution in [2.75, 3.05) is 27.7 Å². The molecule has 1 aromatic heterocycles. The van der Waals surface area contributed by atoms with E-state index in [1.807, 2.05) is 37.2 Å². The van der Waals surface area contributed by atoms with E-state index in [4.69, 9.17) is 4.74 Å². The molecule has 0 N–H and O–H groups in total. The number of rotatable bonds is 6. The minimum atomic E-state index is -0.0706. The average Bonchev–Trinajstić information content (AvgIpc) is 2.88. The maximum atomic E-state index is 12.6. The number of nitrogens with zero attached hydrogens (tertiary/aromatic N) is 3. The summed E-state index contributed by atoms with van der Waals surface area (Å²) >= 11 is 0. The molecule has 5 heteroatoms. The zero-order valence-corrected chi connectivity index (χ0v) is 12.0. The number of ketones is 1. The molecule has 0 unspecified atom stereocenters. The standard InChI is InChI=1S/C15H19N3O2/c1-17(2)9-10-18-14(13(20-3)11-16-18)15(19)12-7-5-4-6-8-12/h4-8,11H,9-10H2,1-3H3. The van der Waals surface area contributed by atoms with E-state index in [1.165, 1.54) is 0 Å². The van der Waals surface area contributed by atoms with Crippen molar-refractivity contribution in [3.8, 4) is 5.75 Å². The second-order valence-corrected chi connectivity index (χ2v) is 4.78. The van der Waals surface area contributed by atoms with E-state index in [9.17, 15) is 4.79 Å². The number of aromatic nitrogens is 2. The Morgan fingerprint density at radius 2 is 2.00 bits per heavy atom. The Morgan fingerprint density at radius 1 is 1.30 bits per heavy atom. The van der Waals surface area contributed by atoms with Crippen molar-refractivity contribution in [2.45, 2.75) is 6.54 Å². The molecular weight excluding hydrogens is 254 g/mol. The van der Waals surface area contributed by atoms with Gasteiger partial charge >= 0.3 is 0 Å². The number of benzene rings is 1. The van der Waals surface area contributed by atoms with Crippen LogP contribution in [0.2, 0.25) is 0 Å². The van der Waals surface area contributed by atoms with Gasteiger partial charge in [-0.15, -0.1) is 0 Å². The average molecular weight is 273 g/mol. The summed E-state index contributed by atoms with van der Waals surface area (Å²) in [5.41, 5.74) is 1.14. The van der Waals surface area contributed by atoms with E-state index in [-0.39, 0.29) is 5.78 Å². The highest BCUT2D eigenvalue weighted by Crippen LogP contribution is 2.21. The lowest BCUT2D eigenvalue weighted by Crippen LogP contribution is -2.21. The lowest BCUT2D eigenvalue weighted by molar-refractivity contribution is 0.102. The maximum Gasteiger partial charge on any atom is 0.214 e. The molecule has 106 valence electrons. The summed E-state index contributed by atoms with van der Waals surface area (Å²) in [4.78, 5) is 14.6. The van der Waals surface area contributed by atoms with Crippen LogP contribution < -0.4 is 4.74 Å². The van der Waals surface area contributed by atoms with Gasteiger partial charge in [-0.1, -0.05) is 30.3 Å². The van der Waals surface area contributed by atoms with Crippen LogP contribution in [0.25, 0.3) is 0 Å². The van der Waals surface area contributed by atoms with Gasteiger partial charge in [0.25, 0.3) is 0 Å². The smallest absolute Gasteiger partial charge is 0.214 e. The van der Waals surface area contributed by atoms with E-state index in [1.54, 1.807) is 30.1 Å². The fourth-order valence-corrected chi connectivity index (χ4v) is 1.94. The monoisotopic (exact) mass is 273 g/mol. The number of ether oxygens (including phenoxy) is 1. The van der Waals surface area contributed by atoms with Crippen molar-refractivity contribution in [3.05, 3.63) is 47.8 Å². The molecule has 0 saturated carbocycles. The quantitative estimate of drug-likeness (QED) is 0.751. The van der Waals surface area contributed by atoms with Crippen LogP contribution in [0.15, 0.2) is 36.5 Å². The summed E-state index contributed by atoms with van der Waals surface area (Å²) in [5.74, 6) is 0.441. The Bertz CT molecular complexity index is 576. The van der Waals surface area contributed by atoms with Crippen LogP contribution in [0, 0.1) is 0 Å². The number of methoxy groups -OCH3 is 1. The molecule has 5 nitrogen and oxygen atoms in total. The topological polar surface area (TPSA) is 47.4 Å². The second kappa shape index (κ2) is 6.34. The fourth-order valence-electron chi connectivity index (χ4n) is 1.94. The van der Waals surface area contributed by atoms with Gasteiger partial charge in [-0.2, -0.15) is 5.10 Å². The molecule has 1 heterocycles. The van der Waals surface area contributed by atoms with E-state index in [0.29, 0.717) is 23.6 Å². The van der Waals surface area contributed by atoms with Gasteiger partial charge in [0, 0.05) is 12.1 Å². The Balaban J connectivity index is 2.33. The summed E-state index contributed by atoms with van der Waals surface area (Å²) in [7, 11) is 5.52. The Kier molecular flexibility index (Phi) is 4.53. The lowest BCUT2D eigenvalue weighted by Gasteiger charge is -2.12. The number of carbonyl (C=O) groups is 1. The SMILES string of the molecule is COc1cnn(CCN(C)C)c1C(=O)c1ccccc1. The van der Waals surface area contributed by atoms with Gasteiger partial charge in [0.2, 0.25) is 5.78 Å². The van der Waals surface area contributed by atoms with E-state index in [0.717, 1.165) is 6.54 Å². The normalized spacial score (nSPS) is 10.8. The molecule has 0 atom stereocenters. The van der Waals surface area contributed by atoms with Gasteiger partial charge in [-0.25, -0.2) is 0 Å². The molecule has 2 rings (SSSR count). The Labute approximate surface area is 118 Å². The van der Waals surface area contributed by atoms with Crippen molar-refractivity contribution in [2.24, 2.45) is 0 Å². The highest BCUT2D eigenvalue weighted by molar-refractivity contribution is 6.09. The van der Waals surface area contributed by atoms with Gasteiger partial charge in [0.15, 0.2) is 11.4 Å². The van der Waals surface area contributed by atoms with Crippen molar-refractivity contribution in [1.82, 2.24) is 14.7 Å². The highest BCUT2D eigenvalue weighted by Gasteiger charge is 2.20. The van der Waals surface area contributed by atoms with Gasteiger partial charge in [-0.3, -0.25) is 9.48 Å². The molecule has 0 spiro atoms. The molecule has 0 radical (unpaired) electrons. The van der Waals surface area contributed by atoms with Gasteiger partial charge in [-0.05, 0) is 14.1 Å². The third kappa shape index (κ3) is 3.05. The van der Waals surface area contributed by atoms with Crippen molar-refractivity contribution >= 4 is 5.78 Å². The molecular formula is C15H19N3O2. The lowest BCUT2D eigenvalue weighted by atomic mass is 10.1. The maximum absolute atomic E-state index is 12.6. The largest absolute Gasteiger partial charge is 0.493 e. The van der Waals surface area contributed by atoms with E-state index < -0.39 is 0 Å². The molecule has 2 aromatic rings. The Morgan fingerprint density at radius 3 is 2.60 bits per heavy atom. The fraction of sp³-hybridized carbons (Fsp3) is 0.333. The third-order valence-electron chi connectivity index (χ3n) is 3.04. The first-order valence-electron chi connectivity index (χ1n) is 6.47. The highest BCUT2D eigenvalue weighted by atomic mass is 16.5. The minimum Gasteiger partial charge on any atom is -0.493 e. The number of carbonyl (C=O) groups excluding carboxylic acids is 1. The van der Waals surface area contributed by atoms with Crippen LogP contribution in [0.1, 0.15) is 16.1 Å². The number of likely N-dealkylation sites (N-methyl/N-ethyl adjacent to an activating group) is 1. The minimum absolute atomic E-state index is 0.0706. The molecule has 0 bridgehead atoms. The third-order valence-corrected chi connectivity index (χ3v) is 3.04. The van der Waals surface area contributed by atoms with Crippen LogP contribution in [0.5, 0.6) is 5.75 Å². The van der Waals surface area contributed by atoms with Gasteiger partial charge in [0.1, 0.15) is 0 Å². The molecule has 0 aliphatic rings. The van der Waals surface area contributed by atoms with Crippen molar-refractivity contribution in [1.29, 1.82) is 0 Å². The molecule has 0 aliphatic carbocycles. The van der Waals surface area contributed by atoms with Gasteiger partial charge < -0.3 is 9.64 Å². The number of hydrogen-bond donors (Lipinski definition) is 0. The van der Waals surface area contributed by atoms with Crippen LogP contribution in [0.4, 0.5) is 0 Å². The molecule has 20 heavy (non-hydrogen) atoms. The summed E-state index contributed by atoms with van der Waals surface area (Å²) in [6.45, 7) is 1.45. The molecule has 0 fully saturated rings. The van der Waals surface area contributed by atoms with Gasteiger partial charge in [0.05, 0.1) is 19.9 Å². The summed E-state index contributed by atoms with van der Waals surface area (Å²) < 4.78 is 6.96. The molecule has 0 aliphatic heterocycles. The summed E-state index contributed by atoms with van der Waals surface area (Å²) in [6, 6.07) is 9.17. The van der Waals surface area contributed by atoms with Crippen LogP contribution >= 0.6 is 0 Å². The first-order chi connectivity index (χ1) is 9.63. The molecule has 1 aromatic carbocycles. The predicted octanol–water partition coefficient (Wildman–Crippen LogP) is 1.68. The zero-order valence-electron chi connectivity index (χ0n) is 12.0. The zero-order chi connectivity index (χ0) is 14.5. The first-order valence-corrected chi connectivity index (χ1v) is 6.47. The van der Waals surface area contributed by atoms with Crippen molar-refractivity contribution < 1.29 is 9.53 Å². The molecule has 0 amide bonds. The summed E-state index contributed by atoms with van der Waals surface area (Å²) in [6.07, 6.45) is 1.59. The van der Waals surface area contributed by atoms with Crippen LogP contribution in [0.3, 0.4) is 0 Å².